The van der Waals surface area contributed by atoms with E-state index >= 15 is 0 Å². The van der Waals surface area contributed by atoms with E-state index < -0.39 is 0 Å². The SMILES string of the molecule is CNC(c1ccc(OC)c(C)c1)c1ccc(OC)cc1C. The Labute approximate surface area is 126 Å². The first-order valence-corrected chi connectivity index (χ1v) is 7.07. The number of benzene rings is 2. The third-order valence-corrected chi connectivity index (χ3v) is 3.83. The predicted molar refractivity (Wildman–Crippen MR) is 86.4 cm³/mol. The van der Waals surface area contributed by atoms with Crippen molar-refractivity contribution in [2.45, 2.75) is 19.9 Å². The fraction of sp³-hybridized carbons (Fsp3) is 0.333. The van der Waals surface area contributed by atoms with Gasteiger partial charge in [0.25, 0.3) is 0 Å². The van der Waals surface area contributed by atoms with Crippen molar-refractivity contribution in [2.24, 2.45) is 0 Å². The molecule has 3 heteroatoms. The Balaban J connectivity index is 2.42. The standard InChI is InChI=1S/C18H23NO2/c1-12-11-15(20-4)7-8-16(12)18(19-3)14-6-9-17(21-5)13(2)10-14/h6-11,18-19H,1-5H3. The molecule has 2 rings (SSSR count). The normalized spacial score (nSPS) is 12.0. The lowest BCUT2D eigenvalue weighted by atomic mass is 9.94. The number of ether oxygens (including phenoxy) is 2. The highest BCUT2D eigenvalue weighted by Crippen LogP contribution is 2.30. The largest absolute Gasteiger partial charge is 0.497 e. The molecule has 0 aliphatic rings. The van der Waals surface area contributed by atoms with Crippen LogP contribution in [0.2, 0.25) is 0 Å². The Morgan fingerprint density at radius 3 is 2.19 bits per heavy atom. The molecule has 0 aromatic heterocycles. The van der Waals surface area contributed by atoms with Crippen molar-refractivity contribution in [2.75, 3.05) is 21.3 Å². The molecule has 1 atom stereocenters. The van der Waals surface area contributed by atoms with Crippen molar-refractivity contribution < 1.29 is 9.47 Å². The summed E-state index contributed by atoms with van der Waals surface area (Å²) in [5.41, 5.74) is 4.83. The van der Waals surface area contributed by atoms with E-state index in [2.05, 4.69) is 43.4 Å². The summed E-state index contributed by atoms with van der Waals surface area (Å²) >= 11 is 0. The van der Waals surface area contributed by atoms with E-state index in [0.29, 0.717) is 0 Å². The third kappa shape index (κ3) is 3.19. The lowest BCUT2D eigenvalue weighted by molar-refractivity contribution is 0.411. The van der Waals surface area contributed by atoms with Crippen molar-refractivity contribution in [1.29, 1.82) is 0 Å². The minimum atomic E-state index is 0.153. The quantitative estimate of drug-likeness (QED) is 0.910. The molecule has 2 aromatic carbocycles. The van der Waals surface area contributed by atoms with Gasteiger partial charge in [-0.1, -0.05) is 18.2 Å². The minimum absolute atomic E-state index is 0.153. The van der Waals surface area contributed by atoms with Gasteiger partial charge < -0.3 is 14.8 Å². The molecule has 112 valence electrons. The highest BCUT2D eigenvalue weighted by Gasteiger charge is 2.15. The molecule has 0 saturated heterocycles. The first kappa shape index (κ1) is 15.4. The lowest BCUT2D eigenvalue weighted by Crippen LogP contribution is -2.18. The van der Waals surface area contributed by atoms with Gasteiger partial charge in [-0.25, -0.2) is 0 Å². The van der Waals surface area contributed by atoms with E-state index in [1.165, 1.54) is 16.7 Å². The topological polar surface area (TPSA) is 30.5 Å². The van der Waals surface area contributed by atoms with E-state index in [4.69, 9.17) is 9.47 Å². The monoisotopic (exact) mass is 285 g/mol. The molecule has 1 N–H and O–H groups in total. The van der Waals surface area contributed by atoms with Gasteiger partial charge in [0.2, 0.25) is 0 Å². The molecule has 0 amide bonds. The fourth-order valence-corrected chi connectivity index (χ4v) is 2.68. The highest BCUT2D eigenvalue weighted by molar-refractivity contribution is 5.44. The van der Waals surface area contributed by atoms with Crippen LogP contribution in [0.3, 0.4) is 0 Å². The van der Waals surface area contributed by atoms with Gasteiger partial charge in [0.15, 0.2) is 0 Å². The number of hydrogen-bond acceptors (Lipinski definition) is 3. The molecule has 21 heavy (non-hydrogen) atoms. The van der Waals surface area contributed by atoms with Crippen LogP contribution in [0.25, 0.3) is 0 Å². The first-order chi connectivity index (χ1) is 10.1. The Hall–Kier alpha value is -2.00. The van der Waals surface area contributed by atoms with Crippen molar-refractivity contribution in [3.8, 4) is 11.5 Å². The van der Waals surface area contributed by atoms with Gasteiger partial charge in [-0.15, -0.1) is 0 Å². The zero-order valence-corrected chi connectivity index (χ0v) is 13.4. The molecular weight excluding hydrogens is 262 g/mol. The summed E-state index contributed by atoms with van der Waals surface area (Å²) in [7, 11) is 5.37. The van der Waals surface area contributed by atoms with Crippen molar-refractivity contribution in [3.05, 3.63) is 58.7 Å². The van der Waals surface area contributed by atoms with Gasteiger partial charge in [0.1, 0.15) is 11.5 Å². The van der Waals surface area contributed by atoms with Gasteiger partial charge in [-0.2, -0.15) is 0 Å². The van der Waals surface area contributed by atoms with E-state index in [1.54, 1.807) is 14.2 Å². The zero-order chi connectivity index (χ0) is 15.4. The second kappa shape index (κ2) is 6.64. The first-order valence-electron chi connectivity index (χ1n) is 7.07. The van der Waals surface area contributed by atoms with Crippen LogP contribution in [-0.2, 0) is 0 Å². The predicted octanol–water partition coefficient (Wildman–Crippen LogP) is 3.63. The summed E-state index contributed by atoms with van der Waals surface area (Å²) < 4.78 is 10.6. The summed E-state index contributed by atoms with van der Waals surface area (Å²) in [5.74, 6) is 1.80. The van der Waals surface area contributed by atoms with Gasteiger partial charge in [-0.05, 0) is 61.3 Å². The van der Waals surface area contributed by atoms with Crippen LogP contribution in [0.4, 0.5) is 0 Å². The van der Waals surface area contributed by atoms with Crippen molar-refractivity contribution in [1.82, 2.24) is 5.32 Å². The van der Waals surface area contributed by atoms with Crippen LogP contribution < -0.4 is 14.8 Å². The van der Waals surface area contributed by atoms with Gasteiger partial charge >= 0.3 is 0 Å². The number of methoxy groups -OCH3 is 2. The fourth-order valence-electron chi connectivity index (χ4n) is 2.68. The summed E-state index contributed by atoms with van der Waals surface area (Å²) in [4.78, 5) is 0. The number of nitrogens with one attached hydrogen (secondary N) is 1. The maximum atomic E-state index is 5.34. The molecule has 0 saturated carbocycles. The summed E-state index contributed by atoms with van der Waals surface area (Å²) in [5, 5.41) is 3.40. The van der Waals surface area contributed by atoms with Gasteiger partial charge in [0.05, 0.1) is 20.3 Å². The van der Waals surface area contributed by atoms with Gasteiger partial charge in [-0.3, -0.25) is 0 Å². The molecule has 0 aliphatic carbocycles. The molecule has 0 heterocycles. The summed E-state index contributed by atoms with van der Waals surface area (Å²) in [6.45, 7) is 4.18. The number of aryl methyl sites for hydroxylation is 2. The Bertz CT molecular complexity index is 623. The van der Waals surface area contributed by atoms with Crippen LogP contribution in [0.1, 0.15) is 28.3 Å². The van der Waals surface area contributed by atoms with Crippen molar-refractivity contribution in [3.63, 3.8) is 0 Å². The molecule has 0 radical (unpaired) electrons. The van der Waals surface area contributed by atoms with E-state index in [0.717, 1.165) is 17.1 Å². The zero-order valence-electron chi connectivity index (χ0n) is 13.4. The van der Waals surface area contributed by atoms with Crippen LogP contribution >= 0.6 is 0 Å². The van der Waals surface area contributed by atoms with Crippen LogP contribution in [0.5, 0.6) is 11.5 Å². The second-order valence-corrected chi connectivity index (χ2v) is 5.17. The van der Waals surface area contributed by atoms with E-state index in [9.17, 15) is 0 Å². The maximum absolute atomic E-state index is 5.34. The molecule has 2 aromatic rings. The molecule has 0 fully saturated rings. The second-order valence-electron chi connectivity index (χ2n) is 5.17. The molecule has 1 unspecified atom stereocenters. The summed E-state index contributed by atoms with van der Waals surface area (Å²) in [6.07, 6.45) is 0. The van der Waals surface area contributed by atoms with Crippen LogP contribution in [0, 0.1) is 13.8 Å². The van der Waals surface area contributed by atoms with Crippen molar-refractivity contribution >= 4 is 0 Å². The average Bonchev–Trinajstić information content (AvgIpc) is 2.49. The van der Waals surface area contributed by atoms with Gasteiger partial charge in [0, 0.05) is 0 Å². The van der Waals surface area contributed by atoms with Crippen LogP contribution in [-0.4, -0.2) is 21.3 Å². The Morgan fingerprint density at radius 2 is 1.67 bits per heavy atom. The van der Waals surface area contributed by atoms with E-state index in [1.807, 2.05) is 19.2 Å². The average molecular weight is 285 g/mol. The molecule has 3 nitrogen and oxygen atoms in total. The number of hydrogen-bond donors (Lipinski definition) is 1. The highest BCUT2D eigenvalue weighted by atomic mass is 16.5. The third-order valence-electron chi connectivity index (χ3n) is 3.83. The Kier molecular flexibility index (Phi) is 4.86. The lowest BCUT2D eigenvalue weighted by Gasteiger charge is -2.21. The minimum Gasteiger partial charge on any atom is -0.497 e. The molecule has 0 spiro atoms. The molecule has 0 bridgehead atoms. The smallest absolute Gasteiger partial charge is 0.121 e. The van der Waals surface area contributed by atoms with Crippen LogP contribution in [0.15, 0.2) is 36.4 Å². The molecular formula is C18H23NO2. The Morgan fingerprint density at radius 1 is 0.905 bits per heavy atom. The molecule has 0 aliphatic heterocycles. The maximum Gasteiger partial charge on any atom is 0.121 e. The number of rotatable bonds is 5. The summed E-state index contributed by atoms with van der Waals surface area (Å²) in [6, 6.07) is 12.6. The van der Waals surface area contributed by atoms with E-state index in [-0.39, 0.29) is 6.04 Å².